The van der Waals surface area contributed by atoms with Gasteiger partial charge in [0, 0.05) is 23.7 Å². The molecule has 0 radical (unpaired) electrons. The summed E-state index contributed by atoms with van der Waals surface area (Å²) in [7, 11) is 0. The van der Waals surface area contributed by atoms with Crippen molar-refractivity contribution in [3.8, 4) is 12.0 Å². The number of hydrogen-bond donors (Lipinski definition) is 4. The van der Waals surface area contributed by atoms with Gasteiger partial charge in [0.05, 0.1) is 30.8 Å². The van der Waals surface area contributed by atoms with Gasteiger partial charge >= 0.3 is 6.09 Å². The minimum absolute atomic E-state index is 0.193. The van der Waals surface area contributed by atoms with Crippen LogP contribution in [0.5, 0.6) is 0 Å². The van der Waals surface area contributed by atoms with Gasteiger partial charge in [-0.2, -0.15) is 0 Å². The van der Waals surface area contributed by atoms with Crippen molar-refractivity contribution in [2.75, 3.05) is 18.5 Å². The van der Waals surface area contributed by atoms with Crippen LogP contribution in [-0.4, -0.2) is 43.3 Å². The van der Waals surface area contributed by atoms with Gasteiger partial charge in [-0.05, 0) is 90.9 Å². The van der Waals surface area contributed by atoms with Gasteiger partial charge in [0.15, 0.2) is 0 Å². The number of rotatable bonds is 10. The maximum Gasteiger partial charge on any atom is 0.421 e. The molecule has 0 aromatic heterocycles. The highest BCUT2D eigenvalue weighted by atomic mass is 19.1. The molecule has 1 heterocycles. The number of carbonyl (C=O) groups excluding carboxylic acids is 2. The highest BCUT2D eigenvalue weighted by Crippen LogP contribution is 2.30. The van der Waals surface area contributed by atoms with E-state index in [2.05, 4.69) is 28.0 Å². The zero-order valence-electron chi connectivity index (χ0n) is 27.1. The molecule has 8 nitrogen and oxygen atoms in total. The van der Waals surface area contributed by atoms with Gasteiger partial charge in [-0.3, -0.25) is 10.1 Å². The highest BCUT2D eigenvalue weighted by Gasteiger charge is 2.29. The predicted octanol–water partition coefficient (Wildman–Crippen LogP) is 6.08. The van der Waals surface area contributed by atoms with Crippen LogP contribution >= 0.6 is 0 Å². The van der Waals surface area contributed by atoms with Crippen molar-refractivity contribution in [3.05, 3.63) is 137 Å². The first-order chi connectivity index (χ1) is 24.1. The molecule has 5 N–H and O–H groups in total. The molecule has 4 aromatic rings. The SMILES string of the molecule is CC(NC(=O)OC#CC1COC(CCc2c(F)cccc2NC(=O)C(N)C(c2ccc(F)cc2)c2ccc(F)cc2)CN1)c1ccc(F)cc1. The fourth-order valence-corrected chi connectivity index (χ4v) is 5.64. The van der Waals surface area contributed by atoms with Crippen LogP contribution in [0.15, 0.2) is 91.0 Å². The molecule has 4 unspecified atom stereocenters. The molecule has 260 valence electrons. The molecule has 0 aliphatic carbocycles. The van der Waals surface area contributed by atoms with E-state index >= 15 is 4.39 Å². The number of hydrogen-bond acceptors (Lipinski definition) is 6. The molecule has 1 fully saturated rings. The maximum atomic E-state index is 15.1. The lowest BCUT2D eigenvalue weighted by atomic mass is 9.85. The predicted molar refractivity (Wildman–Crippen MR) is 180 cm³/mol. The van der Waals surface area contributed by atoms with E-state index in [9.17, 15) is 22.8 Å². The number of halogens is 4. The van der Waals surface area contributed by atoms with Crippen molar-refractivity contribution in [1.82, 2.24) is 10.6 Å². The molecular formula is C38H36F4N4O4. The topological polar surface area (TPSA) is 115 Å². The third-order valence-electron chi connectivity index (χ3n) is 8.38. The summed E-state index contributed by atoms with van der Waals surface area (Å²) in [5.74, 6) is -0.370. The van der Waals surface area contributed by atoms with Gasteiger partial charge in [-0.1, -0.05) is 42.5 Å². The summed E-state index contributed by atoms with van der Waals surface area (Å²) in [6.07, 6.45) is 1.97. The molecule has 1 saturated heterocycles. The quantitative estimate of drug-likeness (QED) is 0.119. The van der Waals surface area contributed by atoms with Crippen LogP contribution < -0.4 is 21.7 Å². The van der Waals surface area contributed by atoms with Crippen molar-refractivity contribution in [3.63, 3.8) is 0 Å². The number of nitrogens with two attached hydrogens (primary N) is 1. The second-order valence-electron chi connectivity index (χ2n) is 11.9. The maximum absolute atomic E-state index is 15.1. The number of benzene rings is 4. The molecule has 5 rings (SSSR count). The summed E-state index contributed by atoms with van der Waals surface area (Å²) in [5, 5.41) is 8.58. The largest absolute Gasteiger partial charge is 0.421 e. The molecule has 4 aromatic carbocycles. The van der Waals surface area contributed by atoms with Crippen LogP contribution in [0.3, 0.4) is 0 Å². The average molecular weight is 689 g/mol. The van der Waals surface area contributed by atoms with Gasteiger partial charge in [-0.15, -0.1) is 0 Å². The van der Waals surface area contributed by atoms with E-state index < -0.39 is 53.5 Å². The number of nitrogens with one attached hydrogen (secondary N) is 3. The molecular weight excluding hydrogens is 652 g/mol. The highest BCUT2D eigenvalue weighted by molar-refractivity contribution is 5.96. The molecule has 0 bridgehead atoms. The zero-order valence-corrected chi connectivity index (χ0v) is 27.1. The summed E-state index contributed by atoms with van der Waals surface area (Å²) in [5.41, 5.74) is 8.80. The smallest absolute Gasteiger partial charge is 0.374 e. The molecule has 2 amide bonds. The molecule has 0 saturated carbocycles. The molecule has 1 aliphatic heterocycles. The van der Waals surface area contributed by atoms with E-state index in [1.54, 1.807) is 25.1 Å². The minimum atomic E-state index is -1.18. The van der Waals surface area contributed by atoms with Crippen molar-refractivity contribution < 1.29 is 36.6 Å². The van der Waals surface area contributed by atoms with Crippen molar-refractivity contribution in [2.24, 2.45) is 5.73 Å². The molecule has 12 heteroatoms. The van der Waals surface area contributed by atoms with Gasteiger partial charge < -0.3 is 25.8 Å². The second-order valence-corrected chi connectivity index (χ2v) is 11.9. The summed E-state index contributed by atoms with van der Waals surface area (Å²) in [6, 6.07) is 19.2. The van der Waals surface area contributed by atoms with Crippen molar-refractivity contribution in [2.45, 2.75) is 49.9 Å². The number of morpholine rings is 1. The van der Waals surface area contributed by atoms with Crippen molar-refractivity contribution in [1.29, 1.82) is 0 Å². The molecule has 1 aliphatic rings. The van der Waals surface area contributed by atoms with Crippen LogP contribution in [0, 0.1) is 35.3 Å². The third kappa shape index (κ3) is 9.69. The lowest BCUT2D eigenvalue weighted by Gasteiger charge is -2.28. The lowest BCUT2D eigenvalue weighted by Crippen LogP contribution is -2.45. The number of carbonyl (C=O) groups is 2. The Bertz CT molecular complexity index is 1780. The number of anilines is 1. The molecule has 4 atom stereocenters. The van der Waals surface area contributed by atoms with E-state index in [0.29, 0.717) is 29.7 Å². The Balaban J connectivity index is 1.14. The van der Waals surface area contributed by atoms with Gasteiger partial charge in [0.25, 0.3) is 0 Å². The number of alkyl carbamates (subject to hydrolysis) is 1. The van der Waals surface area contributed by atoms with Crippen LogP contribution in [0.4, 0.5) is 28.0 Å². The summed E-state index contributed by atoms with van der Waals surface area (Å²) >= 11 is 0. The Morgan fingerprint density at radius 3 is 2.04 bits per heavy atom. The van der Waals surface area contributed by atoms with Gasteiger partial charge in [0.1, 0.15) is 29.4 Å². The van der Waals surface area contributed by atoms with E-state index in [1.807, 2.05) is 0 Å². The fraction of sp³-hybridized carbons (Fsp3) is 0.263. The lowest BCUT2D eigenvalue weighted by molar-refractivity contribution is -0.117. The van der Waals surface area contributed by atoms with Crippen molar-refractivity contribution >= 4 is 17.7 Å². The Morgan fingerprint density at radius 1 is 0.900 bits per heavy atom. The van der Waals surface area contributed by atoms with E-state index in [1.165, 1.54) is 72.8 Å². The third-order valence-corrected chi connectivity index (χ3v) is 8.38. The summed E-state index contributed by atoms with van der Waals surface area (Å²) in [6.45, 7) is 2.32. The molecule has 50 heavy (non-hydrogen) atoms. The van der Waals surface area contributed by atoms with Crippen LogP contribution in [-0.2, 0) is 20.7 Å². The van der Waals surface area contributed by atoms with Crippen LogP contribution in [0.1, 0.15) is 47.6 Å². The minimum Gasteiger partial charge on any atom is -0.374 e. The summed E-state index contributed by atoms with van der Waals surface area (Å²) in [4.78, 5) is 25.6. The summed E-state index contributed by atoms with van der Waals surface area (Å²) < 4.78 is 66.5. The van der Waals surface area contributed by atoms with Crippen LogP contribution in [0.2, 0.25) is 0 Å². The Hall–Kier alpha value is -5.22. The monoisotopic (exact) mass is 688 g/mol. The zero-order chi connectivity index (χ0) is 35.6. The Labute approximate surface area is 287 Å². The van der Waals surface area contributed by atoms with Gasteiger partial charge in [-0.25, -0.2) is 22.4 Å². The first-order valence-electron chi connectivity index (χ1n) is 16.0. The van der Waals surface area contributed by atoms with E-state index in [4.69, 9.17) is 15.2 Å². The first kappa shape index (κ1) is 36.1. The normalized spacial score (nSPS) is 16.9. The van der Waals surface area contributed by atoms with Crippen LogP contribution in [0.25, 0.3) is 0 Å². The first-order valence-corrected chi connectivity index (χ1v) is 16.0. The van der Waals surface area contributed by atoms with E-state index in [0.717, 1.165) is 0 Å². The second kappa shape index (κ2) is 16.9. The number of ether oxygens (including phenoxy) is 2. The molecule has 0 spiro atoms. The van der Waals surface area contributed by atoms with E-state index in [-0.39, 0.29) is 36.2 Å². The number of amides is 2. The standard InChI is InChI=1S/C38H36F4N4O4/c1-23(24-5-11-27(39)12-6-24)45-38(48)49-20-19-30-22-50-31(21-44-30)17-18-32-33(42)3-2-4-34(32)46-37(47)36(43)35(25-7-13-28(40)14-8-25)26-9-15-29(41)16-10-26/h2-16,23,30-31,35-36,44H,17-18,21-22,43H2,1H3,(H,45,48)(H,46,47). The van der Waals surface area contributed by atoms with Gasteiger partial charge in [0.2, 0.25) is 5.91 Å². The Morgan fingerprint density at radius 2 is 1.48 bits per heavy atom. The Kier molecular flexibility index (Phi) is 12.2. The fourth-order valence-electron chi connectivity index (χ4n) is 5.64. The average Bonchev–Trinajstić information content (AvgIpc) is 3.10.